The van der Waals surface area contributed by atoms with Crippen molar-refractivity contribution >= 4 is 21.8 Å². The highest BCUT2D eigenvalue weighted by atomic mass is 15.0. The van der Waals surface area contributed by atoms with Crippen molar-refractivity contribution in [3.63, 3.8) is 0 Å². The third-order valence-corrected chi connectivity index (χ3v) is 7.59. The van der Waals surface area contributed by atoms with Crippen molar-refractivity contribution in [1.29, 1.82) is 0 Å². The molecule has 0 unspecified atom stereocenters. The molecule has 0 aliphatic heterocycles. The van der Waals surface area contributed by atoms with Crippen LogP contribution in [-0.4, -0.2) is 4.57 Å². The van der Waals surface area contributed by atoms with Crippen LogP contribution in [0.15, 0.2) is 66.7 Å². The van der Waals surface area contributed by atoms with Gasteiger partial charge >= 0.3 is 0 Å². The average Bonchev–Trinajstić information content (AvgIpc) is 3.23. The van der Waals surface area contributed by atoms with E-state index in [0.717, 1.165) is 0 Å². The maximum Gasteiger partial charge on any atom is 0.0541 e. The van der Waals surface area contributed by atoms with Crippen LogP contribution >= 0.6 is 0 Å². The molecular weight excluding hydrogens is 422 g/mol. The number of hydrogen-bond acceptors (Lipinski definition) is 0. The quantitative estimate of drug-likeness (QED) is 0.153. The van der Waals surface area contributed by atoms with Crippen LogP contribution in [0.2, 0.25) is 0 Å². The summed E-state index contributed by atoms with van der Waals surface area (Å²) >= 11 is 0. The number of benzene rings is 3. The smallest absolute Gasteiger partial charge is 0.0541 e. The monoisotopic (exact) mass is 467 g/mol. The molecule has 1 heteroatoms. The Morgan fingerprint density at radius 2 is 1.03 bits per heavy atom. The van der Waals surface area contributed by atoms with Gasteiger partial charge in [0, 0.05) is 16.5 Å². The molecule has 3 aromatic carbocycles. The van der Waals surface area contributed by atoms with Gasteiger partial charge in [-0.1, -0.05) is 127 Å². The zero-order valence-electron chi connectivity index (χ0n) is 22.2. The van der Waals surface area contributed by atoms with Gasteiger partial charge in [-0.05, 0) is 55.0 Å². The Balaban J connectivity index is 1.62. The third-order valence-electron chi connectivity index (χ3n) is 7.59. The molecule has 0 fully saturated rings. The summed E-state index contributed by atoms with van der Waals surface area (Å²) in [5.74, 6) is 0. The number of nitrogens with zero attached hydrogens (tertiary/aromatic N) is 1. The van der Waals surface area contributed by atoms with Gasteiger partial charge in [-0.2, -0.15) is 0 Å². The highest BCUT2D eigenvalue weighted by molar-refractivity contribution is 6.09. The second kappa shape index (κ2) is 13.5. The van der Waals surface area contributed by atoms with Crippen LogP contribution in [0.5, 0.6) is 0 Å². The molecule has 4 rings (SSSR count). The van der Waals surface area contributed by atoms with Gasteiger partial charge in [0.15, 0.2) is 0 Å². The highest BCUT2D eigenvalue weighted by Crippen LogP contribution is 2.34. The number of aryl methyl sites for hydroxylation is 2. The normalized spacial score (nSPS) is 11.6. The lowest BCUT2D eigenvalue weighted by Crippen LogP contribution is -2.02. The van der Waals surface area contributed by atoms with Crippen LogP contribution < -0.4 is 0 Å². The topological polar surface area (TPSA) is 4.93 Å². The van der Waals surface area contributed by atoms with Gasteiger partial charge in [0.25, 0.3) is 0 Å². The predicted octanol–water partition coefficient (Wildman–Crippen LogP) is 10.6. The molecule has 0 amide bonds. The molecule has 0 atom stereocenters. The summed E-state index contributed by atoms with van der Waals surface area (Å²) in [6, 6.07) is 25.2. The fourth-order valence-electron chi connectivity index (χ4n) is 5.57. The number of unbranched alkanes of at least 4 members (excludes halogenated alkanes) is 10. The Bertz CT molecular complexity index is 1130. The second-order valence-corrected chi connectivity index (χ2v) is 10.4. The van der Waals surface area contributed by atoms with E-state index in [1.54, 1.807) is 0 Å². The third kappa shape index (κ3) is 6.57. The summed E-state index contributed by atoms with van der Waals surface area (Å²) in [6.07, 6.45) is 18.5. The predicted molar refractivity (Wildman–Crippen MR) is 155 cm³/mol. The molecule has 35 heavy (non-hydrogen) atoms. The standard InChI is InChI=1S/C34H45N/c1-3-5-7-9-11-13-19-28-25-26-29(20-14-12-10-8-6-4-2)34(27-28)35-32-23-17-15-21-30(32)31-22-16-18-24-33(31)35/h15-18,21-27H,3-14,19-20H2,1-2H3. The number of aromatic nitrogens is 1. The van der Waals surface area contributed by atoms with E-state index < -0.39 is 0 Å². The number of para-hydroxylation sites is 2. The van der Waals surface area contributed by atoms with Crippen LogP contribution in [0, 0.1) is 0 Å². The van der Waals surface area contributed by atoms with Crippen LogP contribution in [0.1, 0.15) is 102 Å². The largest absolute Gasteiger partial charge is 0.309 e. The van der Waals surface area contributed by atoms with E-state index in [2.05, 4.69) is 85.1 Å². The molecule has 0 N–H and O–H groups in total. The van der Waals surface area contributed by atoms with Gasteiger partial charge in [0.05, 0.1) is 11.0 Å². The molecule has 0 saturated heterocycles. The van der Waals surface area contributed by atoms with Gasteiger partial charge in [-0.25, -0.2) is 0 Å². The van der Waals surface area contributed by atoms with E-state index in [1.165, 1.54) is 129 Å². The molecule has 0 bridgehead atoms. The fraction of sp³-hybridized carbons (Fsp3) is 0.471. The van der Waals surface area contributed by atoms with Crippen LogP contribution in [0.3, 0.4) is 0 Å². The Morgan fingerprint density at radius 3 is 1.63 bits per heavy atom. The van der Waals surface area contributed by atoms with Crippen LogP contribution in [-0.2, 0) is 12.8 Å². The van der Waals surface area contributed by atoms with Crippen molar-refractivity contribution in [1.82, 2.24) is 4.57 Å². The molecule has 1 nitrogen and oxygen atoms in total. The van der Waals surface area contributed by atoms with Crippen LogP contribution in [0.25, 0.3) is 27.5 Å². The Labute approximate surface area is 213 Å². The molecule has 0 saturated carbocycles. The summed E-state index contributed by atoms with van der Waals surface area (Å²) in [6.45, 7) is 4.59. The maximum absolute atomic E-state index is 2.54. The minimum Gasteiger partial charge on any atom is -0.309 e. The van der Waals surface area contributed by atoms with Crippen molar-refractivity contribution in [2.24, 2.45) is 0 Å². The summed E-state index contributed by atoms with van der Waals surface area (Å²) in [5, 5.41) is 2.71. The van der Waals surface area contributed by atoms with Crippen molar-refractivity contribution in [2.45, 2.75) is 104 Å². The van der Waals surface area contributed by atoms with Crippen LogP contribution in [0.4, 0.5) is 0 Å². The average molecular weight is 468 g/mol. The Morgan fingerprint density at radius 1 is 0.514 bits per heavy atom. The lowest BCUT2D eigenvalue weighted by molar-refractivity contribution is 0.605. The molecular formula is C34H45N. The SMILES string of the molecule is CCCCCCCCc1ccc(CCCCCCCC)c(-n2c3ccccc3c3ccccc32)c1. The molecule has 0 aliphatic rings. The summed E-state index contributed by atoms with van der Waals surface area (Å²) in [7, 11) is 0. The van der Waals surface area contributed by atoms with Gasteiger partial charge in [-0.3, -0.25) is 0 Å². The lowest BCUT2D eigenvalue weighted by Gasteiger charge is -2.16. The van der Waals surface area contributed by atoms with Gasteiger partial charge in [-0.15, -0.1) is 0 Å². The molecule has 0 radical (unpaired) electrons. The number of rotatable bonds is 15. The molecule has 1 aromatic heterocycles. The molecule has 4 aromatic rings. The van der Waals surface area contributed by atoms with E-state index in [4.69, 9.17) is 0 Å². The minimum absolute atomic E-state index is 1.17. The molecule has 186 valence electrons. The first-order valence-electron chi connectivity index (χ1n) is 14.4. The van der Waals surface area contributed by atoms with E-state index in [0.29, 0.717) is 0 Å². The minimum atomic E-state index is 1.17. The summed E-state index contributed by atoms with van der Waals surface area (Å²) < 4.78 is 2.54. The first-order valence-corrected chi connectivity index (χ1v) is 14.4. The van der Waals surface area contributed by atoms with Crippen molar-refractivity contribution < 1.29 is 0 Å². The van der Waals surface area contributed by atoms with E-state index in [1.807, 2.05) is 0 Å². The second-order valence-electron chi connectivity index (χ2n) is 10.4. The van der Waals surface area contributed by atoms with E-state index >= 15 is 0 Å². The summed E-state index contributed by atoms with van der Waals surface area (Å²) in [5.41, 5.74) is 7.05. The van der Waals surface area contributed by atoms with Gasteiger partial charge < -0.3 is 4.57 Å². The van der Waals surface area contributed by atoms with Crippen molar-refractivity contribution in [3.8, 4) is 5.69 Å². The first-order chi connectivity index (χ1) is 17.3. The Kier molecular flexibility index (Phi) is 9.87. The molecule has 0 aliphatic carbocycles. The highest BCUT2D eigenvalue weighted by Gasteiger charge is 2.15. The Hall–Kier alpha value is -2.54. The summed E-state index contributed by atoms with van der Waals surface area (Å²) in [4.78, 5) is 0. The van der Waals surface area contributed by atoms with Gasteiger partial charge in [0.2, 0.25) is 0 Å². The number of hydrogen-bond donors (Lipinski definition) is 0. The zero-order chi connectivity index (χ0) is 24.3. The van der Waals surface area contributed by atoms with E-state index in [9.17, 15) is 0 Å². The number of fused-ring (bicyclic) bond motifs is 3. The maximum atomic E-state index is 2.54. The van der Waals surface area contributed by atoms with E-state index in [-0.39, 0.29) is 0 Å². The van der Waals surface area contributed by atoms with Crippen molar-refractivity contribution in [3.05, 3.63) is 77.9 Å². The molecule has 1 heterocycles. The van der Waals surface area contributed by atoms with Crippen molar-refractivity contribution in [2.75, 3.05) is 0 Å². The fourth-order valence-corrected chi connectivity index (χ4v) is 5.57. The lowest BCUT2D eigenvalue weighted by atomic mass is 9.98. The first kappa shape index (κ1) is 25.5. The molecule has 0 spiro atoms. The zero-order valence-corrected chi connectivity index (χ0v) is 22.2. The van der Waals surface area contributed by atoms with Gasteiger partial charge in [0.1, 0.15) is 0 Å².